The number of halogens is 1. The monoisotopic (exact) mass is 446 g/mol. The van der Waals surface area contributed by atoms with E-state index in [9.17, 15) is 4.79 Å². The van der Waals surface area contributed by atoms with Crippen molar-refractivity contribution in [3.63, 3.8) is 0 Å². The summed E-state index contributed by atoms with van der Waals surface area (Å²) in [5, 5.41) is 7.36. The van der Waals surface area contributed by atoms with Crippen molar-refractivity contribution < 1.29 is 4.79 Å². The molecule has 0 bridgehead atoms. The van der Waals surface area contributed by atoms with Gasteiger partial charge in [-0.3, -0.25) is 4.79 Å². The van der Waals surface area contributed by atoms with Crippen LogP contribution < -0.4 is 5.32 Å². The lowest BCUT2D eigenvalue weighted by Crippen LogP contribution is -2.14. The maximum atomic E-state index is 12.8. The lowest BCUT2D eigenvalue weighted by Gasteiger charge is -2.06. The van der Waals surface area contributed by atoms with E-state index < -0.39 is 0 Å². The van der Waals surface area contributed by atoms with Gasteiger partial charge in [-0.15, -0.1) is 5.10 Å². The first-order valence-electron chi connectivity index (χ1n) is 9.18. The molecule has 0 radical (unpaired) electrons. The van der Waals surface area contributed by atoms with Crippen LogP contribution in [0.2, 0.25) is 0 Å². The Bertz CT molecular complexity index is 1080. The number of carbonyl (C=O) groups is 1. The topological polar surface area (TPSA) is 59.8 Å². The van der Waals surface area contributed by atoms with Crippen LogP contribution in [0.1, 0.15) is 21.7 Å². The number of benzene rings is 3. The van der Waals surface area contributed by atoms with Crippen molar-refractivity contribution in [2.45, 2.75) is 13.8 Å². The molecule has 0 aliphatic heterocycles. The molecule has 4 aromatic rings. The van der Waals surface area contributed by atoms with E-state index >= 15 is 0 Å². The van der Waals surface area contributed by atoms with Crippen molar-refractivity contribution in [1.82, 2.24) is 14.8 Å². The Morgan fingerprint density at radius 1 is 0.862 bits per heavy atom. The zero-order valence-electron chi connectivity index (χ0n) is 16.1. The standard InChI is InChI=1S/C23H19BrN4O/c1-15-3-7-17(8-4-15)22-26-21(23(29)25-19-11-9-18(24)10-12-19)27-28(22)20-13-5-16(2)6-14-20/h3-14H,1-2H3,(H,25,29). The van der Waals surface area contributed by atoms with E-state index in [0.29, 0.717) is 11.5 Å². The fraction of sp³-hybridized carbons (Fsp3) is 0.0870. The van der Waals surface area contributed by atoms with Crippen molar-refractivity contribution in [2.75, 3.05) is 5.32 Å². The maximum Gasteiger partial charge on any atom is 0.295 e. The molecule has 1 aromatic heterocycles. The average Bonchev–Trinajstić information content (AvgIpc) is 3.16. The van der Waals surface area contributed by atoms with Crippen LogP contribution in [0.5, 0.6) is 0 Å². The minimum atomic E-state index is -0.355. The number of rotatable bonds is 4. The first kappa shape index (κ1) is 19.1. The molecule has 5 nitrogen and oxygen atoms in total. The van der Waals surface area contributed by atoms with E-state index in [-0.39, 0.29) is 11.7 Å². The number of nitrogens with zero attached hydrogens (tertiary/aromatic N) is 3. The first-order valence-corrected chi connectivity index (χ1v) is 9.97. The Balaban J connectivity index is 1.74. The van der Waals surface area contributed by atoms with Gasteiger partial charge in [0.05, 0.1) is 5.69 Å². The molecule has 0 fully saturated rings. The summed E-state index contributed by atoms with van der Waals surface area (Å²) >= 11 is 3.39. The van der Waals surface area contributed by atoms with Crippen molar-refractivity contribution in [2.24, 2.45) is 0 Å². The molecule has 0 spiro atoms. The molecule has 0 unspecified atom stereocenters. The minimum absolute atomic E-state index is 0.115. The lowest BCUT2D eigenvalue weighted by molar-refractivity contribution is 0.101. The number of hydrogen-bond donors (Lipinski definition) is 1. The van der Waals surface area contributed by atoms with Gasteiger partial charge >= 0.3 is 0 Å². The van der Waals surface area contributed by atoms with Crippen LogP contribution in [0.15, 0.2) is 77.3 Å². The summed E-state index contributed by atoms with van der Waals surface area (Å²) in [5.41, 5.74) is 4.73. The number of aryl methyl sites for hydroxylation is 2. The highest BCUT2D eigenvalue weighted by molar-refractivity contribution is 9.10. The van der Waals surface area contributed by atoms with Gasteiger partial charge in [-0.05, 0) is 50.2 Å². The number of amides is 1. The molecule has 0 aliphatic rings. The van der Waals surface area contributed by atoms with Gasteiger partial charge in [-0.25, -0.2) is 9.67 Å². The van der Waals surface area contributed by atoms with Crippen LogP contribution in [-0.4, -0.2) is 20.7 Å². The highest BCUT2D eigenvalue weighted by Gasteiger charge is 2.19. The Morgan fingerprint density at radius 3 is 2.07 bits per heavy atom. The molecule has 3 aromatic carbocycles. The molecule has 1 heterocycles. The Kier molecular flexibility index (Phi) is 5.27. The Labute approximate surface area is 177 Å². The van der Waals surface area contributed by atoms with Gasteiger partial charge in [0.25, 0.3) is 5.91 Å². The summed E-state index contributed by atoms with van der Waals surface area (Å²) in [6, 6.07) is 23.3. The van der Waals surface area contributed by atoms with Crippen LogP contribution in [-0.2, 0) is 0 Å². The van der Waals surface area contributed by atoms with Gasteiger partial charge in [0.15, 0.2) is 5.82 Å². The summed E-state index contributed by atoms with van der Waals surface area (Å²) in [7, 11) is 0. The van der Waals surface area contributed by atoms with Crippen LogP contribution in [0.4, 0.5) is 5.69 Å². The molecule has 4 rings (SSSR count). The quantitative estimate of drug-likeness (QED) is 0.445. The maximum absolute atomic E-state index is 12.8. The minimum Gasteiger partial charge on any atom is -0.319 e. The number of carbonyl (C=O) groups excluding carboxylic acids is 1. The largest absolute Gasteiger partial charge is 0.319 e. The van der Waals surface area contributed by atoms with Crippen molar-refractivity contribution in [3.05, 3.63) is 94.2 Å². The fourth-order valence-electron chi connectivity index (χ4n) is 2.88. The van der Waals surface area contributed by atoms with E-state index in [2.05, 4.69) is 31.3 Å². The zero-order chi connectivity index (χ0) is 20.4. The molecule has 0 saturated carbocycles. The molecular formula is C23H19BrN4O. The van der Waals surface area contributed by atoms with Gasteiger partial charge in [-0.2, -0.15) is 0 Å². The van der Waals surface area contributed by atoms with Gasteiger partial charge < -0.3 is 5.32 Å². The third kappa shape index (κ3) is 4.27. The molecule has 1 N–H and O–H groups in total. The highest BCUT2D eigenvalue weighted by atomic mass is 79.9. The highest BCUT2D eigenvalue weighted by Crippen LogP contribution is 2.23. The van der Waals surface area contributed by atoms with E-state index in [4.69, 9.17) is 0 Å². The van der Waals surface area contributed by atoms with Crippen molar-refractivity contribution in [3.8, 4) is 17.1 Å². The Morgan fingerprint density at radius 2 is 1.45 bits per heavy atom. The third-order valence-corrected chi connectivity index (χ3v) is 5.03. The smallest absolute Gasteiger partial charge is 0.295 e. The predicted octanol–water partition coefficient (Wildman–Crippen LogP) is 5.57. The summed E-state index contributed by atoms with van der Waals surface area (Å²) < 4.78 is 2.65. The van der Waals surface area contributed by atoms with E-state index in [1.165, 1.54) is 0 Å². The molecule has 144 valence electrons. The molecule has 0 aliphatic carbocycles. The molecular weight excluding hydrogens is 428 g/mol. The second-order valence-electron chi connectivity index (χ2n) is 6.83. The second kappa shape index (κ2) is 8.01. The van der Waals surface area contributed by atoms with Crippen LogP contribution in [0, 0.1) is 13.8 Å². The van der Waals surface area contributed by atoms with E-state index in [0.717, 1.165) is 26.9 Å². The van der Waals surface area contributed by atoms with Crippen molar-refractivity contribution in [1.29, 1.82) is 0 Å². The fourth-order valence-corrected chi connectivity index (χ4v) is 3.15. The van der Waals surface area contributed by atoms with Gasteiger partial charge in [0, 0.05) is 15.7 Å². The first-order chi connectivity index (χ1) is 14.0. The summed E-state index contributed by atoms with van der Waals surface area (Å²) in [6.45, 7) is 4.06. The number of nitrogens with one attached hydrogen (secondary N) is 1. The number of aromatic nitrogens is 3. The molecule has 6 heteroatoms. The lowest BCUT2D eigenvalue weighted by atomic mass is 10.1. The van der Waals surface area contributed by atoms with Crippen LogP contribution >= 0.6 is 15.9 Å². The summed E-state index contributed by atoms with van der Waals surface area (Å²) in [4.78, 5) is 17.3. The zero-order valence-corrected chi connectivity index (χ0v) is 17.6. The molecule has 29 heavy (non-hydrogen) atoms. The van der Waals surface area contributed by atoms with Crippen molar-refractivity contribution >= 4 is 27.5 Å². The summed E-state index contributed by atoms with van der Waals surface area (Å²) in [6.07, 6.45) is 0. The molecule has 0 saturated heterocycles. The summed E-state index contributed by atoms with van der Waals surface area (Å²) in [5.74, 6) is 0.380. The molecule has 0 atom stereocenters. The third-order valence-electron chi connectivity index (χ3n) is 4.50. The number of anilines is 1. The van der Waals surface area contributed by atoms with Crippen LogP contribution in [0.25, 0.3) is 17.1 Å². The SMILES string of the molecule is Cc1ccc(-c2nc(C(=O)Nc3ccc(Br)cc3)nn2-c2ccc(C)cc2)cc1. The van der Waals surface area contributed by atoms with Gasteiger partial charge in [0.1, 0.15) is 0 Å². The average molecular weight is 447 g/mol. The van der Waals surface area contributed by atoms with E-state index in [1.54, 1.807) is 4.68 Å². The van der Waals surface area contributed by atoms with Crippen LogP contribution in [0.3, 0.4) is 0 Å². The van der Waals surface area contributed by atoms with Gasteiger partial charge in [-0.1, -0.05) is 63.5 Å². The normalized spacial score (nSPS) is 10.7. The molecule has 1 amide bonds. The number of hydrogen-bond acceptors (Lipinski definition) is 3. The van der Waals surface area contributed by atoms with Gasteiger partial charge in [0.2, 0.25) is 5.82 Å². The Hall–Kier alpha value is -3.25. The van der Waals surface area contributed by atoms with E-state index in [1.807, 2.05) is 86.6 Å². The predicted molar refractivity (Wildman–Crippen MR) is 118 cm³/mol. The second-order valence-corrected chi connectivity index (χ2v) is 7.75.